The third-order valence-corrected chi connectivity index (χ3v) is 3.47. The monoisotopic (exact) mass is 285 g/mol. The SMILES string of the molecule is CCNc1ncnc(Oc2cc(C(C)C)ccc2C)c1C. The fourth-order valence-electron chi connectivity index (χ4n) is 2.07. The van der Waals surface area contributed by atoms with Crippen molar-refractivity contribution in [3.05, 3.63) is 41.2 Å². The van der Waals surface area contributed by atoms with Gasteiger partial charge in [0.05, 0.1) is 5.56 Å². The molecule has 0 fully saturated rings. The van der Waals surface area contributed by atoms with E-state index in [1.165, 1.54) is 11.9 Å². The number of rotatable bonds is 5. The van der Waals surface area contributed by atoms with Gasteiger partial charge in [0, 0.05) is 6.54 Å². The lowest BCUT2D eigenvalue weighted by atomic mass is 10.0. The summed E-state index contributed by atoms with van der Waals surface area (Å²) in [5.74, 6) is 2.74. The first-order chi connectivity index (χ1) is 10.0. The predicted molar refractivity (Wildman–Crippen MR) is 86.3 cm³/mol. The fourth-order valence-corrected chi connectivity index (χ4v) is 2.07. The minimum atomic E-state index is 0.469. The minimum Gasteiger partial charge on any atom is -0.438 e. The first kappa shape index (κ1) is 15.3. The molecule has 0 unspecified atom stereocenters. The largest absolute Gasteiger partial charge is 0.438 e. The van der Waals surface area contributed by atoms with Gasteiger partial charge in [-0.05, 0) is 43.9 Å². The summed E-state index contributed by atoms with van der Waals surface area (Å²) in [7, 11) is 0. The molecule has 2 aromatic rings. The average molecular weight is 285 g/mol. The van der Waals surface area contributed by atoms with Crippen molar-refractivity contribution in [3.8, 4) is 11.6 Å². The molecule has 0 radical (unpaired) electrons. The van der Waals surface area contributed by atoms with Crippen LogP contribution in [0.2, 0.25) is 0 Å². The lowest BCUT2D eigenvalue weighted by molar-refractivity contribution is 0.453. The van der Waals surface area contributed by atoms with E-state index in [-0.39, 0.29) is 0 Å². The van der Waals surface area contributed by atoms with Gasteiger partial charge in [0.2, 0.25) is 5.88 Å². The van der Waals surface area contributed by atoms with Gasteiger partial charge in [-0.25, -0.2) is 9.97 Å². The number of aryl methyl sites for hydroxylation is 1. The summed E-state index contributed by atoms with van der Waals surface area (Å²) < 4.78 is 6.03. The van der Waals surface area contributed by atoms with Crippen molar-refractivity contribution in [1.29, 1.82) is 0 Å². The van der Waals surface area contributed by atoms with Crippen LogP contribution in [0.25, 0.3) is 0 Å². The molecule has 1 aromatic carbocycles. The van der Waals surface area contributed by atoms with Gasteiger partial charge in [0.15, 0.2) is 0 Å². The Labute approximate surface area is 126 Å². The first-order valence-corrected chi connectivity index (χ1v) is 7.36. The zero-order valence-corrected chi connectivity index (χ0v) is 13.4. The molecule has 0 saturated carbocycles. The minimum absolute atomic E-state index is 0.469. The van der Waals surface area contributed by atoms with E-state index in [2.05, 4.69) is 47.3 Å². The summed E-state index contributed by atoms with van der Waals surface area (Å²) >= 11 is 0. The number of nitrogens with zero attached hydrogens (tertiary/aromatic N) is 2. The van der Waals surface area contributed by atoms with Crippen LogP contribution in [0.5, 0.6) is 11.6 Å². The van der Waals surface area contributed by atoms with Crippen LogP contribution in [-0.2, 0) is 0 Å². The van der Waals surface area contributed by atoms with E-state index < -0.39 is 0 Å². The molecule has 112 valence electrons. The molecule has 21 heavy (non-hydrogen) atoms. The van der Waals surface area contributed by atoms with Crippen LogP contribution < -0.4 is 10.1 Å². The summed E-state index contributed by atoms with van der Waals surface area (Å²) in [5.41, 5.74) is 3.28. The number of anilines is 1. The van der Waals surface area contributed by atoms with Gasteiger partial charge in [-0.1, -0.05) is 26.0 Å². The van der Waals surface area contributed by atoms with Crippen LogP contribution >= 0.6 is 0 Å². The van der Waals surface area contributed by atoms with Gasteiger partial charge in [0.1, 0.15) is 17.9 Å². The van der Waals surface area contributed by atoms with Crippen molar-refractivity contribution in [2.75, 3.05) is 11.9 Å². The number of hydrogen-bond donors (Lipinski definition) is 1. The highest BCUT2D eigenvalue weighted by Gasteiger charge is 2.11. The van der Waals surface area contributed by atoms with Gasteiger partial charge >= 0.3 is 0 Å². The smallest absolute Gasteiger partial charge is 0.227 e. The first-order valence-electron chi connectivity index (χ1n) is 7.36. The van der Waals surface area contributed by atoms with Crippen LogP contribution in [0.4, 0.5) is 5.82 Å². The van der Waals surface area contributed by atoms with E-state index in [9.17, 15) is 0 Å². The summed E-state index contributed by atoms with van der Waals surface area (Å²) in [6, 6.07) is 6.32. The van der Waals surface area contributed by atoms with Crippen LogP contribution in [0.15, 0.2) is 24.5 Å². The van der Waals surface area contributed by atoms with E-state index in [0.717, 1.165) is 29.2 Å². The molecular weight excluding hydrogens is 262 g/mol. The summed E-state index contributed by atoms with van der Waals surface area (Å²) in [6.07, 6.45) is 1.53. The second-order valence-electron chi connectivity index (χ2n) is 5.46. The molecule has 0 aliphatic rings. The lowest BCUT2D eigenvalue weighted by Gasteiger charge is -2.14. The number of aromatic nitrogens is 2. The topological polar surface area (TPSA) is 47.0 Å². The van der Waals surface area contributed by atoms with Crippen LogP contribution in [0.1, 0.15) is 43.4 Å². The summed E-state index contributed by atoms with van der Waals surface area (Å²) in [5, 5.41) is 3.22. The zero-order chi connectivity index (χ0) is 15.4. The number of hydrogen-bond acceptors (Lipinski definition) is 4. The highest BCUT2D eigenvalue weighted by atomic mass is 16.5. The molecule has 1 aromatic heterocycles. The maximum absolute atomic E-state index is 6.03. The summed E-state index contributed by atoms with van der Waals surface area (Å²) in [4.78, 5) is 8.50. The quantitative estimate of drug-likeness (QED) is 0.882. The summed E-state index contributed by atoms with van der Waals surface area (Å²) in [6.45, 7) is 11.2. The van der Waals surface area contributed by atoms with E-state index in [0.29, 0.717) is 11.8 Å². The molecule has 1 N–H and O–H groups in total. The Bertz CT molecular complexity index is 623. The number of ether oxygens (including phenoxy) is 1. The van der Waals surface area contributed by atoms with Gasteiger partial charge < -0.3 is 10.1 Å². The van der Waals surface area contributed by atoms with Gasteiger partial charge in [-0.15, -0.1) is 0 Å². The Kier molecular flexibility index (Phi) is 4.78. The second kappa shape index (κ2) is 6.57. The maximum Gasteiger partial charge on any atom is 0.227 e. The van der Waals surface area contributed by atoms with Gasteiger partial charge in [-0.3, -0.25) is 0 Å². The molecular formula is C17H23N3O. The van der Waals surface area contributed by atoms with Crippen molar-refractivity contribution in [2.45, 2.75) is 40.5 Å². The molecule has 0 aliphatic carbocycles. The third kappa shape index (κ3) is 3.51. The molecule has 0 bridgehead atoms. The van der Waals surface area contributed by atoms with Gasteiger partial charge in [-0.2, -0.15) is 0 Å². The molecule has 0 aliphatic heterocycles. The maximum atomic E-state index is 6.03. The molecule has 0 amide bonds. The molecule has 0 atom stereocenters. The van der Waals surface area contributed by atoms with E-state index in [4.69, 9.17) is 4.74 Å². The Morgan fingerprint density at radius 2 is 1.95 bits per heavy atom. The Hall–Kier alpha value is -2.10. The molecule has 1 heterocycles. The van der Waals surface area contributed by atoms with Crippen molar-refractivity contribution in [2.24, 2.45) is 0 Å². The Balaban J connectivity index is 2.34. The van der Waals surface area contributed by atoms with Crippen LogP contribution in [0, 0.1) is 13.8 Å². The van der Waals surface area contributed by atoms with Crippen molar-refractivity contribution >= 4 is 5.82 Å². The predicted octanol–water partition coefficient (Wildman–Crippen LogP) is 4.44. The van der Waals surface area contributed by atoms with Crippen molar-refractivity contribution in [1.82, 2.24) is 9.97 Å². The van der Waals surface area contributed by atoms with Gasteiger partial charge in [0.25, 0.3) is 0 Å². The average Bonchev–Trinajstić information content (AvgIpc) is 2.45. The molecule has 4 heteroatoms. The van der Waals surface area contributed by atoms with Crippen molar-refractivity contribution < 1.29 is 4.74 Å². The van der Waals surface area contributed by atoms with Crippen LogP contribution in [0.3, 0.4) is 0 Å². The lowest BCUT2D eigenvalue weighted by Crippen LogP contribution is -2.04. The normalized spacial score (nSPS) is 10.8. The third-order valence-electron chi connectivity index (χ3n) is 3.47. The number of nitrogens with one attached hydrogen (secondary N) is 1. The highest BCUT2D eigenvalue weighted by Crippen LogP contribution is 2.30. The van der Waals surface area contributed by atoms with Crippen molar-refractivity contribution in [3.63, 3.8) is 0 Å². The Morgan fingerprint density at radius 3 is 2.62 bits per heavy atom. The van der Waals surface area contributed by atoms with E-state index in [1.54, 1.807) is 0 Å². The second-order valence-corrected chi connectivity index (χ2v) is 5.46. The van der Waals surface area contributed by atoms with Crippen LogP contribution in [-0.4, -0.2) is 16.5 Å². The fraction of sp³-hybridized carbons (Fsp3) is 0.412. The van der Waals surface area contributed by atoms with E-state index in [1.807, 2.05) is 20.8 Å². The molecule has 0 spiro atoms. The molecule has 2 rings (SSSR count). The number of benzene rings is 1. The standard InChI is InChI=1S/C17H23N3O/c1-6-18-16-13(5)17(20-10-19-16)21-15-9-14(11(2)3)8-7-12(15)4/h7-11H,6H2,1-5H3,(H,18,19,20). The molecule has 4 nitrogen and oxygen atoms in total. The highest BCUT2D eigenvalue weighted by molar-refractivity contribution is 5.49. The Morgan fingerprint density at radius 1 is 1.19 bits per heavy atom. The molecule has 0 saturated heterocycles. The zero-order valence-electron chi connectivity index (χ0n) is 13.4. The van der Waals surface area contributed by atoms with E-state index >= 15 is 0 Å².